The highest BCUT2D eigenvalue weighted by Gasteiger charge is 2.30. The van der Waals surface area contributed by atoms with Crippen molar-refractivity contribution in [2.75, 3.05) is 31.9 Å². The summed E-state index contributed by atoms with van der Waals surface area (Å²) in [7, 11) is -3.47. The van der Waals surface area contributed by atoms with Crippen molar-refractivity contribution in [3.63, 3.8) is 0 Å². The Balaban J connectivity index is 1.69. The van der Waals surface area contributed by atoms with Crippen molar-refractivity contribution in [3.8, 4) is 0 Å². The molecule has 1 unspecified atom stereocenters. The minimum atomic E-state index is -3.47. The predicted octanol–water partition coefficient (Wildman–Crippen LogP) is -0.400. The lowest BCUT2D eigenvalue weighted by atomic mass is 9.99. The van der Waals surface area contributed by atoms with Crippen molar-refractivity contribution in [1.82, 2.24) is 15.5 Å². The molecule has 1 amide bonds. The molecule has 0 radical (unpaired) electrons. The summed E-state index contributed by atoms with van der Waals surface area (Å²) in [6.07, 6.45) is 7.31. The van der Waals surface area contributed by atoms with E-state index < -0.39 is 10.0 Å². The molecule has 2 N–H and O–H groups in total. The molecule has 0 saturated carbocycles. The molecule has 0 aromatic heterocycles. The van der Waals surface area contributed by atoms with E-state index in [0.717, 1.165) is 25.9 Å². The van der Waals surface area contributed by atoms with Crippen LogP contribution in [0.2, 0.25) is 0 Å². The largest absolute Gasteiger partial charge is 0.352 e. The summed E-state index contributed by atoms with van der Waals surface area (Å²) in [6, 6.07) is 0. The number of hydrogen-bond acceptors (Lipinski definition) is 5. The van der Waals surface area contributed by atoms with Crippen LogP contribution in [0.15, 0.2) is 28.3 Å². The molecule has 3 heterocycles. The van der Waals surface area contributed by atoms with Crippen LogP contribution < -0.4 is 10.6 Å². The smallest absolute Gasteiger partial charge is 0.256 e. The van der Waals surface area contributed by atoms with E-state index in [1.54, 1.807) is 23.3 Å². The Hall–Kier alpha value is -1.67. The summed E-state index contributed by atoms with van der Waals surface area (Å²) in [6.45, 7) is 2.85. The standard InChI is InChI=1S/C14H20N4O3S/c19-14(16-10-11-3-1-5-15-9-11)12-4-2-6-18-7-8-22(20,21)17-13(12)18/h2,4,6,11,15H,1,3,5,7-10H2,(H,16,19). The van der Waals surface area contributed by atoms with Gasteiger partial charge in [-0.25, -0.2) is 8.42 Å². The molecule has 3 aliphatic heterocycles. The summed E-state index contributed by atoms with van der Waals surface area (Å²) in [4.78, 5) is 14.1. The zero-order chi connectivity index (χ0) is 15.6. The quantitative estimate of drug-likeness (QED) is 0.737. The number of piperidine rings is 1. The fourth-order valence-electron chi connectivity index (χ4n) is 2.82. The minimum absolute atomic E-state index is 0.0243. The van der Waals surface area contributed by atoms with Gasteiger partial charge in [-0.3, -0.25) is 4.79 Å². The Bertz CT molecular complexity index is 645. The average Bonchev–Trinajstić information content (AvgIpc) is 2.52. The molecular formula is C14H20N4O3S. The van der Waals surface area contributed by atoms with Gasteiger partial charge in [0.05, 0.1) is 11.3 Å². The Labute approximate surface area is 130 Å². The van der Waals surface area contributed by atoms with Crippen molar-refractivity contribution in [2.45, 2.75) is 12.8 Å². The number of hydrogen-bond donors (Lipinski definition) is 2. The van der Waals surface area contributed by atoms with Gasteiger partial charge in [-0.15, -0.1) is 4.40 Å². The van der Waals surface area contributed by atoms with E-state index in [2.05, 4.69) is 15.0 Å². The Morgan fingerprint density at radius 1 is 1.50 bits per heavy atom. The SMILES string of the molecule is O=C(NCC1CCCNC1)C1=CC=CN2CCS(=O)(=O)N=C12. The van der Waals surface area contributed by atoms with Gasteiger partial charge in [0, 0.05) is 19.3 Å². The van der Waals surface area contributed by atoms with E-state index >= 15 is 0 Å². The third kappa shape index (κ3) is 3.38. The molecule has 0 aromatic carbocycles. The van der Waals surface area contributed by atoms with E-state index in [9.17, 15) is 13.2 Å². The first-order valence-electron chi connectivity index (χ1n) is 7.52. The molecule has 8 heteroatoms. The molecular weight excluding hydrogens is 304 g/mol. The number of carbonyl (C=O) groups excluding carboxylic acids is 1. The van der Waals surface area contributed by atoms with Gasteiger partial charge < -0.3 is 15.5 Å². The Morgan fingerprint density at radius 3 is 3.14 bits per heavy atom. The number of nitrogens with one attached hydrogen (secondary N) is 2. The van der Waals surface area contributed by atoms with Gasteiger partial charge in [-0.2, -0.15) is 0 Å². The van der Waals surface area contributed by atoms with Gasteiger partial charge in [0.15, 0.2) is 5.84 Å². The monoisotopic (exact) mass is 324 g/mol. The summed E-state index contributed by atoms with van der Waals surface area (Å²) >= 11 is 0. The van der Waals surface area contributed by atoms with Crippen LogP contribution in [0.1, 0.15) is 12.8 Å². The number of amides is 1. The topological polar surface area (TPSA) is 90.9 Å². The first-order valence-corrected chi connectivity index (χ1v) is 9.13. The molecule has 0 aliphatic carbocycles. The molecule has 0 aromatic rings. The first kappa shape index (κ1) is 15.2. The van der Waals surface area contributed by atoms with Crippen molar-refractivity contribution in [1.29, 1.82) is 0 Å². The van der Waals surface area contributed by atoms with Crippen LogP contribution in [0.25, 0.3) is 0 Å². The lowest BCUT2D eigenvalue weighted by molar-refractivity contribution is -0.117. The van der Waals surface area contributed by atoms with Gasteiger partial charge >= 0.3 is 0 Å². The highest BCUT2D eigenvalue weighted by Crippen LogP contribution is 2.18. The van der Waals surface area contributed by atoms with Crippen LogP contribution in [0.5, 0.6) is 0 Å². The number of carbonyl (C=O) groups is 1. The summed E-state index contributed by atoms with van der Waals surface area (Å²) in [5, 5.41) is 6.20. The molecule has 0 spiro atoms. The molecule has 1 fully saturated rings. The molecule has 120 valence electrons. The maximum Gasteiger partial charge on any atom is 0.256 e. The summed E-state index contributed by atoms with van der Waals surface area (Å²) in [5.74, 6) is 0.359. The van der Waals surface area contributed by atoms with E-state index in [4.69, 9.17) is 0 Å². The molecule has 7 nitrogen and oxygen atoms in total. The minimum Gasteiger partial charge on any atom is -0.352 e. The van der Waals surface area contributed by atoms with Gasteiger partial charge in [0.25, 0.3) is 15.9 Å². The Morgan fingerprint density at radius 2 is 2.36 bits per heavy atom. The molecule has 0 bridgehead atoms. The van der Waals surface area contributed by atoms with Gasteiger partial charge in [0.1, 0.15) is 0 Å². The van der Waals surface area contributed by atoms with Crippen LogP contribution in [-0.2, 0) is 14.8 Å². The lowest BCUT2D eigenvalue weighted by Gasteiger charge is -2.29. The number of allylic oxidation sites excluding steroid dienone is 2. The third-order valence-electron chi connectivity index (χ3n) is 4.05. The lowest BCUT2D eigenvalue weighted by Crippen LogP contribution is -2.44. The zero-order valence-electron chi connectivity index (χ0n) is 12.3. The number of fused-ring (bicyclic) bond motifs is 1. The summed E-state index contributed by atoms with van der Waals surface area (Å²) in [5.41, 5.74) is 0.314. The number of sulfonamides is 1. The van der Waals surface area contributed by atoms with Crippen molar-refractivity contribution < 1.29 is 13.2 Å². The second kappa shape index (κ2) is 6.21. The van der Waals surface area contributed by atoms with E-state index in [0.29, 0.717) is 24.6 Å². The van der Waals surface area contributed by atoms with Crippen molar-refractivity contribution >= 4 is 21.8 Å². The normalized spacial score (nSPS) is 26.7. The molecule has 22 heavy (non-hydrogen) atoms. The Kier molecular flexibility index (Phi) is 4.30. The maximum absolute atomic E-state index is 12.4. The highest BCUT2D eigenvalue weighted by atomic mass is 32.2. The second-order valence-corrected chi connectivity index (χ2v) is 7.49. The van der Waals surface area contributed by atoms with Crippen molar-refractivity contribution in [2.24, 2.45) is 10.3 Å². The van der Waals surface area contributed by atoms with E-state index in [1.165, 1.54) is 0 Å². The van der Waals surface area contributed by atoms with Crippen LogP contribution in [-0.4, -0.2) is 57.0 Å². The fraction of sp³-hybridized carbons (Fsp3) is 0.571. The van der Waals surface area contributed by atoms with E-state index in [1.807, 2.05) is 0 Å². The van der Waals surface area contributed by atoms with Gasteiger partial charge in [-0.1, -0.05) is 0 Å². The third-order valence-corrected chi connectivity index (χ3v) is 5.20. The van der Waals surface area contributed by atoms with Gasteiger partial charge in [0.2, 0.25) is 0 Å². The number of rotatable bonds is 3. The molecule has 1 atom stereocenters. The zero-order valence-corrected chi connectivity index (χ0v) is 13.1. The van der Waals surface area contributed by atoms with Crippen LogP contribution in [0, 0.1) is 5.92 Å². The number of nitrogens with zero attached hydrogens (tertiary/aromatic N) is 2. The van der Waals surface area contributed by atoms with Crippen LogP contribution in [0.3, 0.4) is 0 Å². The van der Waals surface area contributed by atoms with Gasteiger partial charge in [-0.05, 0) is 44.0 Å². The molecule has 3 rings (SSSR count). The average molecular weight is 324 g/mol. The predicted molar refractivity (Wildman–Crippen MR) is 83.8 cm³/mol. The van der Waals surface area contributed by atoms with Crippen LogP contribution in [0.4, 0.5) is 0 Å². The fourth-order valence-corrected chi connectivity index (χ4v) is 3.81. The summed E-state index contributed by atoms with van der Waals surface area (Å²) < 4.78 is 27.1. The maximum atomic E-state index is 12.4. The highest BCUT2D eigenvalue weighted by molar-refractivity contribution is 7.90. The first-order chi connectivity index (χ1) is 10.6. The van der Waals surface area contributed by atoms with Crippen LogP contribution >= 0.6 is 0 Å². The van der Waals surface area contributed by atoms with E-state index in [-0.39, 0.29) is 17.5 Å². The van der Waals surface area contributed by atoms with Crippen molar-refractivity contribution in [3.05, 3.63) is 23.9 Å². The second-order valence-electron chi connectivity index (χ2n) is 5.74. The molecule has 3 aliphatic rings. The molecule has 1 saturated heterocycles. The number of amidine groups is 1.